The van der Waals surface area contributed by atoms with Gasteiger partial charge in [-0.25, -0.2) is 0 Å². The SMILES string of the molecule is N#Cc1cccc(CNCCc2ccccc2)c1. The minimum Gasteiger partial charge on any atom is -0.312 e. The van der Waals surface area contributed by atoms with Gasteiger partial charge in [-0.05, 0) is 36.2 Å². The fourth-order valence-electron chi connectivity index (χ4n) is 1.86. The van der Waals surface area contributed by atoms with Crippen LogP contribution in [0.25, 0.3) is 0 Å². The number of nitriles is 1. The topological polar surface area (TPSA) is 35.8 Å². The van der Waals surface area contributed by atoms with Crippen molar-refractivity contribution in [3.8, 4) is 6.07 Å². The van der Waals surface area contributed by atoms with E-state index in [1.54, 1.807) is 0 Å². The number of nitrogens with zero attached hydrogens (tertiary/aromatic N) is 1. The van der Waals surface area contributed by atoms with Gasteiger partial charge in [0, 0.05) is 6.54 Å². The first kappa shape index (κ1) is 12.3. The van der Waals surface area contributed by atoms with E-state index >= 15 is 0 Å². The highest BCUT2D eigenvalue weighted by Crippen LogP contribution is 2.04. The summed E-state index contributed by atoms with van der Waals surface area (Å²) in [7, 11) is 0. The van der Waals surface area contributed by atoms with E-state index in [1.165, 1.54) is 5.56 Å². The van der Waals surface area contributed by atoms with Crippen LogP contribution in [0.2, 0.25) is 0 Å². The molecule has 0 amide bonds. The van der Waals surface area contributed by atoms with Crippen LogP contribution < -0.4 is 5.32 Å². The largest absolute Gasteiger partial charge is 0.312 e. The van der Waals surface area contributed by atoms with Crippen molar-refractivity contribution in [1.29, 1.82) is 5.26 Å². The van der Waals surface area contributed by atoms with Gasteiger partial charge in [0.15, 0.2) is 0 Å². The number of hydrogen-bond donors (Lipinski definition) is 1. The van der Waals surface area contributed by atoms with E-state index in [-0.39, 0.29) is 0 Å². The summed E-state index contributed by atoms with van der Waals surface area (Å²) in [6, 6.07) is 20.3. The lowest BCUT2D eigenvalue weighted by molar-refractivity contribution is 0.687. The van der Waals surface area contributed by atoms with E-state index < -0.39 is 0 Å². The van der Waals surface area contributed by atoms with Gasteiger partial charge in [0.1, 0.15) is 0 Å². The second-order valence-electron chi connectivity index (χ2n) is 4.22. The smallest absolute Gasteiger partial charge is 0.0991 e. The Morgan fingerprint density at radius 1 is 0.944 bits per heavy atom. The molecule has 0 bridgehead atoms. The van der Waals surface area contributed by atoms with E-state index in [2.05, 4.69) is 35.7 Å². The molecular formula is C16H16N2. The lowest BCUT2D eigenvalue weighted by Crippen LogP contribution is -2.16. The van der Waals surface area contributed by atoms with Crippen molar-refractivity contribution in [2.24, 2.45) is 0 Å². The average molecular weight is 236 g/mol. The summed E-state index contributed by atoms with van der Waals surface area (Å²) in [4.78, 5) is 0. The molecule has 0 aliphatic heterocycles. The highest BCUT2D eigenvalue weighted by molar-refractivity contribution is 5.32. The Kier molecular flexibility index (Phi) is 4.52. The van der Waals surface area contributed by atoms with Crippen LogP contribution in [0.1, 0.15) is 16.7 Å². The van der Waals surface area contributed by atoms with Crippen LogP contribution in [-0.4, -0.2) is 6.54 Å². The summed E-state index contributed by atoms with van der Waals surface area (Å²) in [5.74, 6) is 0. The Bertz CT molecular complexity index is 526. The Hall–Kier alpha value is -2.11. The number of benzene rings is 2. The Morgan fingerprint density at radius 2 is 1.72 bits per heavy atom. The van der Waals surface area contributed by atoms with Crippen LogP contribution in [0, 0.1) is 11.3 Å². The molecule has 90 valence electrons. The molecule has 0 fully saturated rings. The fraction of sp³-hybridized carbons (Fsp3) is 0.188. The van der Waals surface area contributed by atoms with Crippen molar-refractivity contribution >= 4 is 0 Å². The first-order valence-electron chi connectivity index (χ1n) is 6.12. The number of nitrogens with one attached hydrogen (secondary N) is 1. The highest BCUT2D eigenvalue weighted by Gasteiger charge is 1.95. The molecule has 2 heteroatoms. The summed E-state index contributed by atoms with van der Waals surface area (Å²) < 4.78 is 0. The second kappa shape index (κ2) is 6.58. The van der Waals surface area contributed by atoms with Gasteiger partial charge in [-0.3, -0.25) is 0 Å². The molecule has 0 aromatic heterocycles. The van der Waals surface area contributed by atoms with Crippen molar-refractivity contribution < 1.29 is 0 Å². The molecule has 0 atom stereocenters. The fourth-order valence-corrected chi connectivity index (χ4v) is 1.86. The molecule has 2 nitrogen and oxygen atoms in total. The third-order valence-electron chi connectivity index (χ3n) is 2.82. The summed E-state index contributed by atoms with van der Waals surface area (Å²) in [5, 5.41) is 12.2. The average Bonchev–Trinajstić information content (AvgIpc) is 2.45. The quantitative estimate of drug-likeness (QED) is 0.810. The molecule has 0 saturated carbocycles. The van der Waals surface area contributed by atoms with E-state index in [4.69, 9.17) is 5.26 Å². The predicted octanol–water partition coefficient (Wildman–Crippen LogP) is 2.89. The standard InChI is InChI=1S/C16H16N2/c17-12-15-7-4-8-16(11-15)13-18-10-9-14-5-2-1-3-6-14/h1-8,11,18H,9-10,13H2. The van der Waals surface area contributed by atoms with Crippen molar-refractivity contribution in [3.63, 3.8) is 0 Å². The monoisotopic (exact) mass is 236 g/mol. The van der Waals surface area contributed by atoms with Gasteiger partial charge in [-0.2, -0.15) is 5.26 Å². The van der Waals surface area contributed by atoms with E-state index in [0.717, 1.165) is 30.6 Å². The molecule has 0 aliphatic rings. The Labute approximate surface area is 108 Å². The lowest BCUT2D eigenvalue weighted by Gasteiger charge is -2.05. The summed E-state index contributed by atoms with van der Waals surface area (Å²) in [5.41, 5.74) is 3.22. The minimum absolute atomic E-state index is 0.720. The molecule has 18 heavy (non-hydrogen) atoms. The van der Waals surface area contributed by atoms with Crippen LogP contribution in [0.4, 0.5) is 0 Å². The zero-order valence-corrected chi connectivity index (χ0v) is 10.3. The maximum absolute atomic E-state index is 8.81. The summed E-state index contributed by atoms with van der Waals surface area (Å²) in [6.07, 6.45) is 1.03. The molecular weight excluding hydrogens is 220 g/mol. The zero-order chi connectivity index (χ0) is 12.6. The number of hydrogen-bond acceptors (Lipinski definition) is 2. The maximum atomic E-state index is 8.81. The van der Waals surface area contributed by atoms with Gasteiger partial charge in [0.25, 0.3) is 0 Å². The van der Waals surface area contributed by atoms with Gasteiger partial charge >= 0.3 is 0 Å². The normalized spacial score (nSPS) is 9.94. The molecule has 0 heterocycles. The molecule has 2 rings (SSSR count). The van der Waals surface area contributed by atoms with Gasteiger partial charge < -0.3 is 5.32 Å². The Morgan fingerprint density at radius 3 is 2.50 bits per heavy atom. The van der Waals surface area contributed by atoms with Crippen LogP contribution in [0.15, 0.2) is 54.6 Å². The van der Waals surface area contributed by atoms with Gasteiger partial charge in [-0.1, -0.05) is 42.5 Å². The molecule has 0 unspecified atom stereocenters. The molecule has 2 aromatic rings. The van der Waals surface area contributed by atoms with E-state index in [1.807, 2.05) is 30.3 Å². The van der Waals surface area contributed by atoms with Crippen LogP contribution >= 0.6 is 0 Å². The molecule has 0 radical (unpaired) electrons. The Balaban J connectivity index is 1.77. The first-order valence-corrected chi connectivity index (χ1v) is 6.12. The first-order chi connectivity index (χ1) is 8.88. The van der Waals surface area contributed by atoms with E-state index in [9.17, 15) is 0 Å². The molecule has 0 saturated heterocycles. The van der Waals surface area contributed by atoms with E-state index in [0.29, 0.717) is 0 Å². The number of rotatable bonds is 5. The molecule has 2 aromatic carbocycles. The predicted molar refractivity (Wildman–Crippen MR) is 73.0 cm³/mol. The zero-order valence-electron chi connectivity index (χ0n) is 10.3. The van der Waals surface area contributed by atoms with Crippen molar-refractivity contribution in [3.05, 3.63) is 71.3 Å². The van der Waals surface area contributed by atoms with Crippen LogP contribution in [0.3, 0.4) is 0 Å². The molecule has 0 spiro atoms. The van der Waals surface area contributed by atoms with Crippen LogP contribution in [-0.2, 0) is 13.0 Å². The minimum atomic E-state index is 0.720. The third-order valence-corrected chi connectivity index (χ3v) is 2.82. The third kappa shape index (κ3) is 3.73. The van der Waals surface area contributed by atoms with Gasteiger partial charge in [0.05, 0.1) is 11.6 Å². The lowest BCUT2D eigenvalue weighted by atomic mass is 10.1. The van der Waals surface area contributed by atoms with Crippen LogP contribution in [0.5, 0.6) is 0 Å². The second-order valence-corrected chi connectivity index (χ2v) is 4.22. The maximum Gasteiger partial charge on any atom is 0.0991 e. The van der Waals surface area contributed by atoms with Crippen molar-refractivity contribution in [2.75, 3.05) is 6.54 Å². The van der Waals surface area contributed by atoms with Gasteiger partial charge in [0.2, 0.25) is 0 Å². The van der Waals surface area contributed by atoms with Crippen molar-refractivity contribution in [2.45, 2.75) is 13.0 Å². The van der Waals surface area contributed by atoms with Crippen molar-refractivity contribution in [1.82, 2.24) is 5.32 Å². The highest BCUT2D eigenvalue weighted by atomic mass is 14.8. The summed E-state index contributed by atoms with van der Waals surface area (Å²) >= 11 is 0. The van der Waals surface area contributed by atoms with Gasteiger partial charge in [-0.15, -0.1) is 0 Å². The molecule has 1 N–H and O–H groups in total. The molecule has 0 aliphatic carbocycles. The summed E-state index contributed by atoms with van der Waals surface area (Å²) in [6.45, 7) is 1.75.